The maximum absolute atomic E-state index is 11.1. The van der Waals surface area contributed by atoms with Gasteiger partial charge in [0.2, 0.25) is 0 Å². The lowest BCUT2D eigenvalue weighted by Gasteiger charge is -2.01. The molecule has 0 aromatic heterocycles. The lowest BCUT2D eigenvalue weighted by atomic mass is 10.2. The molecule has 0 saturated carbocycles. The molecule has 0 aliphatic carbocycles. The third-order valence-electron chi connectivity index (χ3n) is 2.02. The summed E-state index contributed by atoms with van der Waals surface area (Å²) in [6.45, 7) is 1.93. The van der Waals surface area contributed by atoms with E-state index < -0.39 is 16.6 Å². The molecule has 1 rings (SSSR count). The highest BCUT2D eigenvalue weighted by Crippen LogP contribution is 2.09. The number of anilines is 1. The van der Waals surface area contributed by atoms with Gasteiger partial charge in [-0.1, -0.05) is 17.7 Å². The van der Waals surface area contributed by atoms with Crippen LogP contribution in [0.1, 0.15) is 5.56 Å². The van der Waals surface area contributed by atoms with Crippen LogP contribution in [0.4, 0.5) is 5.69 Å². The molecule has 0 bridgehead atoms. The quantitative estimate of drug-likeness (QED) is 0.372. The number of esters is 1. The molecular formula is C11H12N2O4. The molecule has 6 nitrogen and oxygen atoms in total. The first-order valence-electron chi connectivity index (χ1n) is 4.80. The van der Waals surface area contributed by atoms with Crippen LogP contribution in [0.5, 0.6) is 0 Å². The van der Waals surface area contributed by atoms with E-state index in [9.17, 15) is 14.9 Å². The summed E-state index contributed by atoms with van der Waals surface area (Å²) in [5, 5.41) is 13.2. The summed E-state index contributed by atoms with van der Waals surface area (Å²) < 4.78 is 4.29. The van der Waals surface area contributed by atoms with E-state index in [1.807, 2.05) is 19.1 Å². The molecule has 0 fully saturated rings. The largest absolute Gasteiger partial charge is 0.461 e. The Morgan fingerprint density at radius 2 is 2.00 bits per heavy atom. The van der Waals surface area contributed by atoms with E-state index in [1.54, 1.807) is 12.1 Å². The summed E-state index contributed by atoms with van der Waals surface area (Å²) >= 11 is 0. The summed E-state index contributed by atoms with van der Waals surface area (Å²) in [6.07, 6.45) is 1.01. The number of nitro groups is 1. The van der Waals surface area contributed by atoms with E-state index in [4.69, 9.17) is 0 Å². The van der Waals surface area contributed by atoms with Gasteiger partial charge in [-0.25, -0.2) is 4.79 Å². The van der Waals surface area contributed by atoms with Gasteiger partial charge in [0.1, 0.15) is 0 Å². The van der Waals surface area contributed by atoms with Crippen molar-refractivity contribution in [3.8, 4) is 0 Å². The van der Waals surface area contributed by atoms with Crippen molar-refractivity contribution in [2.45, 2.75) is 6.92 Å². The first kappa shape index (κ1) is 12.7. The first-order valence-corrected chi connectivity index (χ1v) is 4.80. The lowest BCUT2D eigenvalue weighted by molar-refractivity contribution is -0.421. The molecule has 0 atom stereocenters. The number of nitrogens with zero attached hydrogens (tertiary/aromatic N) is 1. The van der Waals surface area contributed by atoms with Crippen molar-refractivity contribution >= 4 is 11.7 Å². The van der Waals surface area contributed by atoms with Crippen LogP contribution in [-0.2, 0) is 9.53 Å². The zero-order valence-corrected chi connectivity index (χ0v) is 9.47. The molecule has 17 heavy (non-hydrogen) atoms. The van der Waals surface area contributed by atoms with Crippen LogP contribution in [-0.4, -0.2) is 18.0 Å². The lowest BCUT2D eigenvalue weighted by Crippen LogP contribution is -2.14. The number of hydrogen-bond acceptors (Lipinski definition) is 5. The van der Waals surface area contributed by atoms with Crippen LogP contribution in [0.2, 0.25) is 0 Å². The molecule has 1 aromatic rings. The van der Waals surface area contributed by atoms with Gasteiger partial charge in [0.15, 0.2) is 0 Å². The number of aryl methyl sites for hydroxylation is 1. The predicted octanol–water partition coefficient (Wildman–Crippen LogP) is 1.70. The average Bonchev–Trinajstić information content (AvgIpc) is 2.31. The van der Waals surface area contributed by atoms with Crippen LogP contribution < -0.4 is 5.32 Å². The van der Waals surface area contributed by atoms with Crippen molar-refractivity contribution in [1.29, 1.82) is 0 Å². The summed E-state index contributed by atoms with van der Waals surface area (Å²) in [5.41, 5.74) is 1.08. The minimum Gasteiger partial charge on any atom is -0.461 e. The normalized spacial score (nSPS) is 10.8. The molecule has 0 aliphatic rings. The van der Waals surface area contributed by atoms with Gasteiger partial charge in [-0.15, -0.1) is 0 Å². The molecule has 0 spiro atoms. The van der Waals surface area contributed by atoms with Crippen molar-refractivity contribution in [3.05, 3.63) is 51.8 Å². The Morgan fingerprint density at radius 1 is 1.41 bits per heavy atom. The van der Waals surface area contributed by atoms with Gasteiger partial charge in [-0.2, -0.15) is 0 Å². The Kier molecular flexibility index (Phi) is 4.21. The molecule has 6 heteroatoms. The van der Waals surface area contributed by atoms with Gasteiger partial charge in [-0.3, -0.25) is 10.1 Å². The summed E-state index contributed by atoms with van der Waals surface area (Å²) in [6, 6.07) is 7.20. The maximum atomic E-state index is 11.1. The predicted molar refractivity (Wildman–Crippen MR) is 61.9 cm³/mol. The fourth-order valence-corrected chi connectivity index (χ4v) is 1.09. The smallest absolute Gasteiger partial charge is 0.411 e. The van der Waals surface area contributed by atoms with Gasteiger partial charge in [0, 0.05) is 5.69 Å². The highest BCUT2D eigenvalue weighted by molar-refractivity contribution is 5.86. The minimum absolute atomic E-state index is 0.645. The Balaban J connectivity index is 2.83. The monoisotopic (exact) mass is 236 g/mol. The van der Waals surface area contributed by atoms with Gasteiger partial charge < -0.3 is 10.1 Å². The van der Waals surface area contributed by atoms with Crippen LogP contribution in [0.25, 0.3) is 0 Å². The molecule has 0 amide bonds. The van der Waals surface area contributed by atoms with E-state index >= 15 is 0 Å². The minimum atomic E-state index is -0.991. The Labute approximate surface area is 98.0 Å². The summed E-state index contributed by atoms with van der Waals surface area (Å²) in [5.74, 6) is -0.991. The molecule has 0 heterocycles. The molecule has 90 valence electrons. The van der Waals surface area contributed by atoms with Gasteiger partial charge in [0.25, 0.3) is 0 Å². The van der Waals surface area contributed by atoms with Gasteiger partial charge in [0.05, 0.1) is 18.2 Å². The number of ether oxygens (including phenoxy) is 1. The van der Waals surface area contributed by atoms with Crippen LogP contribution in [0.3, 0.4) is 0 Å². The van der Waals surface area contributed by atoms with Crippen molar-refractivity contribution in [3.63, 3.8) is 0 Å². The standard InChI is InChI=1S/C11H12N2O4/c1-8-3-5-9(6-4-8)12-7-10(13(15)16)11(14)17-2/h3-7,12H,1-2H3. The SMILES string of the molecule is COC(=O)C(=CNc1ccc(C)cc1)[N+](=O)[O-]. The first-order chi connectivity index (χ1) is 8.04. The number of carbonyl (C=O) groups is 1. The topological polar surface area (TPSA) is 81.5 Å². The van der Waals surface area contributed by atoms with Crippen LogP contribution in [0, 0.1) is 17.0 Å². The fourth-order valence-electron chi connectivity index (χ4n) is 1.09. The number of hydrogen-bond donors (Lipinski definition) is 1. The van der Waals surface area contributed by atoms with Crippen LogP contribution >= 0.6 is 0 Å². The zero-order valence-electron chi connectivity index (χ0n) is 9.47. The summed E-state index contributed by atoms with van der Waals surface area (Å²) in [7, 11) is 1.09. The number of rotatable bonds is 4. The van der Waals surface area contributed by atoms with Crippen LogP contribution in [0.15, 0.2) is 36.2 Å². The second-order valence-corrected chi connectivity index (χ2v) is 3.29. The second kappa shape index (κ2) is 5.64. The van der Waals surface area contributed by atoms with Crippen molar-refractivity contribution in [2.24, 2.45) is 0 Å². The third kappa shape index (κ3) is 3.60. The number of nitrogens with one attached hydrogen (secondary N) is 1. The van der Waals surface area contributed by atoms with E-state index in [0.717, 1.165) is 18.9 Å². The fraction of sp³-hybridized carbons (Fsp3) is 0.182. The molecule has 0 saturated heterocycles. The Bertz CT molecular complexity index is 451. The number of carbonyl (C=O) groups excluding carboxylic acids is 1. The zero-order chi connectivity index (χ0) is 12.8. The summed E-state index contributed by atoms with van der Waals surface area (Å²) in [4.78, 5) is 20.8. The van der Waals surface area contributed by atoms with E-state index in [0.29, 0.717) is 5.69 Å². The van der Waals surface area contributed by atoms with E-state index in [1.165, 1.54) is 0 Å². The molecule has 0 unspecified atom stereocenters. The van der Waals surface area contributed by atoms with Crippen molar-refractivity contribution in [2.75, 3.05) is 12.4 Å². The maximum Gasteiger partial charge on any atom is 0.411 e. The number of methoxy groups -OCH3 is 1. The molecule has 1 aromatic carbocycles. The number of benzene rings is 1. The highest BCUT2D eigenvalue weighted by atomic mass is 16.6. The molecule has 0 radical (unpaired) electrons. The highest BCUT2D eigenvalue weighted by Gasteiger charge is 2.22. The Hall–Kier alpha value is -2.37. The van der Waals surface area contributed by atoms with E-state index in [-0.39, 0.29) is 0 Å². The molecule has 0 aliphatic heterocycles. The molecule has 1 N–H and O–H groups in total. The average molecular weight is 236 g/mol. The van der Waals surface area contributed by atoms with Gasteiger partial charge >= 0.3 is 11.7 Å². The van der Waals surface area contributed by atoms with E-state index in [2.05, 4.69) is 10.1 Å². The molecular weight excluding hydrogens is 224 g/mol. The van der Waals surface area contributed by atoms with Gasteiger partial charge in [-0.05, 0) is 19.1 Å². The Morgan fingerprint density at radius 3 is 2.47 bits per heavy atom. The third-order valence-corrected chi connectivity index (χ3v) is 2.02. The van der Waals surface area contributed by atoms with Crippen molar-refractivity contribution in [1.82, 2.24) is 0 Å². The second-order valence-electron chi connectivity index (χ2n) is 3.29. The van der Waals surface area contributed by atoms with Crippen molar-refractivity contribution < 1.29 is 14.5 Å².